The summed E-state index contributed by atoms with van der Waals surface area (Å²) in [7, 11) is 0. The molecule has 8 saturated carbocycles. The Morgan fingerprint density at radius 3 is 1.68 bits per heavy atom. The zero-order valence-corrected chi connectivity index (χ0v) is 31.7. The van der Waals surface area contributed by atoms with E-state index >= 15 is 0 Å². The Balaban J connectivity index is 0.00000271. The average molecular weight is 811 g/mol. The lowest BCUT2D eigenvalue weighted by Crippen LogP contribution is -2.61. The molecule has 8 atom stereocenters. The van der Waals surface area contributed by atoms with Crippen molar-refractivity contribution in [1.82, 2.24) is 0 Å². The Hall–Kier alpha value is -2.20. The zero-order valence-electron chi connectivity index (χ0n) is 31.7. The first kappa shape index (κ1) is 52.8. The molecule has 57 heavy (non-hydrogen) atoms. The van der Waals surface area contributed by atoms with Crippen molar-refractivity contribution in [3.8, 4) is 0 Å². The molecule has 1 aliphatic heterocycles. The van der Waals surface area contributed by atoms with E-state index in [1.165, 1.54) is 0 Å². The summed E-state index contributed by atoms with van der Waals surface area (Å²) in [5.74, 6) is -1.96. The van der Waals surface area contributed by atoms with Crippen LogP contribution in [0.15, 0.2) is 0 Å². The second-order valence-electron chi connectivity index (χ2n) is 19.5. The number of rotatable bonds is 12. The van der Waals surface area contributed by atoms with E-state index in [0.717, 1.165) is 77.0 Å². The molecule has 8 unspecified atom stereocenters. The molecular formula is C47H86O10. The molecule has 8 aliphatic carbocycles. The van der Waals surface area contributed by atoms with E-state index < -0.39 is 63.8 Å². The lowest BCUT2D eigenvalue weighted by atomic mass is 9.48. The molecule has 10 heteroatoms. The van der Waals surface area contributed by atoms with Gasteiger partial charge in [0.1, 0.15) is 16.8 Å². The molecule has 334 valence electrons. The van der Waals surface area contributed by atoms with Crippen LogP contribution < -0.4 is 0 Å². The smallest absolute Gasteiger partial charge is 0.312 e. The van der Waals surface area contributed by atoms with Crippen LogP contribution in [0.25, 0.3) is 0 Å². The number of hydrogen-bond acceptors (Lipinski definition) is 10. The Bertz CT molecular complexity index is 1330. The minimum absolute atomic E-state index is 0. The Labute approximate surface area is 348 Å². The summed E-state index contributed by atoms with van der Waals surface area (Å²) >= 11 is 0. The quantitative estimate of drug-likeness (QED) is 0.150. The number of esters is 4. The molecule has 1 saturated heterocycles. The first-order valence-electron chi connectivity index (χ1n) is 20.2. The van der Waals surface area contributed by atoms with E-state index in [2.05, 4.69) is 0 Å². The van der Waals surface area contributed by atoms with Gasteiger partial charge in [0.15, 0.2) is 0 Å². The second kappa shape index (κ2) is 19.5. The van der Waals surface area contributed by atoms with Crippen LogP contribution in [0.4, 0.5) is 0 Å². The SMILES string of the molecule is C.C.C.C.C.C.CCC(CC(CC(C)C(=O)OC1CCCCO1)C(=O)OC12CC3CC(CC(O)(C3)C1)C2)C(=O)OC12CC3CC(C1)CC(C(=O)OC(C)(C)C)(C3)C2. The lowest BCUT2D eigenvalue weighted by molar-refractivity contribution is -0.224. The maximum atomic E-state index is 14.3. The Kier molecular flexibility index (Phi) is 18.0. The van der Waals surface area contributed by atoms with Gasteiger partial charge < -0.3 is 28.8 Å². The third kappa shape index (κ3) is 11.3. The van der Waals surface area contributed by atoms with Gasteiger partial charge in [0.25, 0.3) is 0 Å². The van der Waals surface area contributed by atoms with Crippen molar-refractivity contribution in [3.63, 3.8) is 0 Å². The van der Waals surface area contributed by atoms with Crippen molar-refractivity contribution in [2.24, 2.45) is 46.8 Å². The first-order chi connectivity index (χ1) is 24.0. The summed E-state index contributed by atoms with van der Waals surface area (Å²) in [6, 6.07) is 0. The summed E-state index contributed by atoms with van der Waals surface area (Å²) in [4.78, 5) is 55.5. The van der Waals surface area contributed by atoms with Gasteiger partial charge in [-0.05, 0) is 141 Å². The van der Waals surface area contributed by atoms with E-state index in [0.29, 0.717) is 56.0 Å². The molecule has 1 heterocycles. The molecule has 9 aliphatic rings. The van der Waals surface area contributed by atoms with Gasteiger partial charge in [0, 0.05) is 19.3 Å². The minimum Gasteiger partial charge on any atom is -0.460 e. The average Bonchev–Trinajstić information content (AvgIpc) is 3.00. The number of carbonyl (C=O) groups is 4. The normalized spacial score (nSPS) is 36.7. The largest absolute Gasteiger partial charge is 0.460 e. The molecule has 0 radical (unpaired) electrons. The van der Waals surface area contributed by atoms with Crippen LogP contribution in [0.2, 0.25) is 0 Å². The van der Waals surface area contributed by atoms with E-state index in [4.69, 9.17) is 23.7 Å². The van der Waals surface area contributed by atoms with Crippen LogP contribution in [-0.2, 0) is 42.9 Å². The maximum absolute atomic E-state index is 14.3. The lowest BCUT2D eigenvalue weighted by Gasteiger charge is -2.60. The van der Waals surface area contributed by atoms with Crippen LogP contribution in [-0.4, -0.2) is 64.3 Å². The highest BCUT2D eigenvalue weighted by Gasteiger charge is 2.64. The number of hydrogen-bond donors (Lipinski definition) is 1. The van der Waals surface area contributed by atoms with Crippen molar-refractivity contribution >= 4 is 23.9 Å². The molecule has 10 nitrogen and oxygen atoms in total. The highest BCUT2D eigenvalue weighted by Crippen LogP contribution is 2.64. The summed E-state index contributed by atoms with van der Waals surface area (Å²) in [6.45, 7) is 9.93. The third-order valence-corrected chi connectivity index (χ3v) is 13.6. The van der Waals surface area contributed by atoms with Crippen LogP contribution in [0.3, 0.4) is 0 Å². The Morgan fingerprint density at radius 1 is 0.702 bits per heavy atom. The van der Waals surface area contributed by atoms with Crippen molar-refractivity contribution in [1.29, 1.82) is 0 Å². The molecule has 1 N–H and O–H groups in total. The highest BCUT2D eigenvalue weighted by atomic mass is 16.7. The van der Waals surface area contributed by atoms with Crippen LogP contribution in [0.1, 0.15) is 195 Å². The summed E-state index contributed by atoms with van der Waals surface area (Å²) in [5.41, 5.74) is -3.44. The first-order valence-corrected chi connectivity index (χ1v) is 20.2. The molecule has 0 aromatic carbocycles. The summed E-state index contributed by atoms with van der Waals surface area (Å²) in [5, 5.41) is 11.4. The molecular weight excluding hydrogens is 725 g/mol. The molecule has 0 spiro atoms. The number of carbonyl (C=O) groups excluding carboxylic acids is 4. The van der Waals surface area contributed by atoms with Gasteiger partial charge >= 0.3 is 23.9 Å². The summed E-state index contributed by atoms with van der Waals surface area (Å²) < 4.78 is 30.3. The fourth-order valence-electron chi connectivity index (χ4n) is 12.4. The van der Waals surface area contributed by atoms with E-state index in [-0.39, 0.29) is 69.3 Å². The molecule has 0 aromatic heterocycles. The molecule has 0 aromatic rings. The second-order valence-corrected chi connectivity index (χ2v) is 19.5. The van der Waals surface area contributed by atoms with Crippen molar-refractivity contribution in [2.75, 3.05) is 6.61 Å². The van der Waals surface area contributed by atoms with Crippen LogP contribution in [0, 0.1) is 46.8 Å². The van der Waals surface area contributed by atoms with Crippen molar-refractivity contribution in [3.05, 3.63) is 0 Å². The maximum Gasteiger partial charge on any atom is 0.312 e. The van der Waals surface area contributed by atoms with E-state index in [1.807, 2.05) is 27.7 Å². The van der Waals surface area contributed by atoms with E-state index in [9.17, 15) is 24.3 Å². The van der Waals surface area contributed by atoms with Gasteiger partial charge in [0.2, 0.25) is 6.29 Å². The van der Waals surface area contributed by atoms with Gasteiger partial charge in [-0.3, -0.25) is 19.2 Å². The van der Waals surface area contributed by atoms with Crippen molar-refractivity contribution < 1.29 is 48.0 Å². The molecule has 9 fully saturated rings. The number of ether oxygens (including phenoxy) is 5. The predicted octanol–water partition coefficient (Wildman–Crippen LogP) is 10.8. The Morgan fingerprint density at radius 2 is 1.21 bits per heavy atom. The van der Waals surface area contributed by atoms with Gasteiger partial charge in [0.05, 0.1) is 35.4 Å². The topological polar surface area (TPSA) is 135 Å². The standard InChI is InChI=1S/C41H62O10.6CH4/c1-6-30(34(43)49-40-19-26-12-27(20-40)16-38(15-26,23-40)36(45)51-37(3,4)5)14-31(11-25(2)33(42)48-32-9-7-8-10-47-32)35(44)50-41-21-28-13-29(22-41)18-39(46,17-28)24-41;;;;;;/h25-32,46H,6-24H2,1-5H3;6*1H4. The van der Waals surface area contributed by atoms with Gasteiger partial charge in [-0.15, -0.1) is 0 Å². The van der Waals surface area contributed by atoms with Gasteiger partial charge in [-0.1, -0.05) is 58.4 Å². The zero-order chi connectivity index (χ0) is 36.4. The molecule has 8 bridgehead atoms. The highest BCUT2D eigenvalue weighted by molar-refractivity contribution is 5.80. The van der Waals surface area contributed by atoms with E-state index in [1.54, 1.807) is 6.92 Å². The van der Waals surface area contributed by atoms with Crippen molar-refractivity contribution in [2.45, 2.75) is 223 Å². The third-order valence-electron chi connectivity index (χ3n) is 13.6. The molecule has 9 rings (SSSR count). The number of aliphatic hydroxyl groups is 1. The van der Waals surface area contributed by atoms with Gasteiger partial charge in [-0.25, -0.2) is 0 Å². The van der Waals surface area contributed by atoms with Crippen LogP contribution in [0.5, 0.6) is 0 Å². The fourth-order valence-corrected chi connectivity index (χ4v) is 12.4. The predicted molar refractivity (Wildman–Crippen MR) is 226 cm³/mol. The molecule has 0 amide bonds. The fraction of sp³-hybridized carbons (Fsp3) is 0.915. The monoisotopic (exact) mass is 811 g/mol. The van der Waals surface area contributed by atoms with Gasteiger partial charge in [-0.2, -0.15) is 0 Å². The summed E-state index contributed by atoms with van der Waals surface area (Å²) in [6.07, 6.45) is 11.9. The van der Waals surface area contributed by atoms with Crippen LogP contribution >= 0.6 is 0 Å². The minimum atomic E-state index is -0.790.